The third kappa shape index (κ3) is 2.38. The Morgan fingerprint density at radius 2 is 1.60 bits per heavy atom. The number of H-pyrrole nitrogens is 1. The fourth-order valence-electron chi connectivity index (χ4n) is 2.11. The van der Waals surface area contributed by atoms with E-state index >= 15 is 0 Å². The van der Waals surface area contributed by atoms with Crippen molar-refractivity contribution in [3.63, 3.8) is 0 Å². The SMILES string of the molecule is O=c1[nH]cc(-c2ccccc2)n1-c1cc(Cl)cc(Cl)c1. The van der Waals surface area contributed by atoms with Gasteiger partial charge in [-0.3, -0.25) is 4.57 Å². The van der Waals surface area contributed by atoms with Crippen LogP contribution < -0.4 is 5.69 Å². The van der Waals surface area contributed by atoms with Gasteiger partial charge in [-0.05, 0) is 18.2 Å². The highest BCUT2D eigenvalue weighted by molar-refractivity contribution is 6.34. The molecule has 0 aliphatic rings. The second kappa shape index (κ2) is 5.19. The molecule has 0 saturated heterocycles. The van der Waals surface area contributed by atoms with Crippen molar-refractivity contribution in [3.05, 3.63) is 75.3 Å². The molecule has 1 aromatic heterocycles. The van der Waals surface area contributed by atoms with Gasteiger partial charge in [-0.25, -0.2) is 4.79 Å². The largest absolute Gasteiger partial charge is 0.330 e. The van der Waals surface area contributed by atoms with Crippen LogP contribution in [0.3, 0.4) is 0 Å². The lowest BCUT2D eigenvalue weighted by atomic mass is 10.1. The second-order valence-corrected chi connectivity index (χ2v) is 5.18. The number of hydrogen-bond donors (Lipinski definition) is 1. The Kier molecular flexibility index (Phi) is 3.38. The Hall–Kier alpha value is -1.97. The Balaban J connectivity index is 2.24. The van der Waals surface area contributed by atoms with Crippen LogP contribution in [-0.4, -0.2) is 9.55 Å². The maximum Gasteiger partial charge on any atom is 0.330 e. The molecule has 3 nitrogen and oxygen atoms in total. The van der Waals surface area contributed by atoms with Crippen LogP contribution in [0.4, 0.5) is 0 Å². The standard InChI is InChI=1S/C15H10Cl2N2O/c16-11-6-12(17)8-13(7-11)19-14(9-18-15(19)20)10-4-2-1-3-5-10/h1-9H,(H,18,20). The van der Waals surface area contributed by atoms with Crippen molar-refractivity contribution in [1.29, 1.82) is 0 Å². The quantitative estimate of drug-likeness (QED) is 0.759. The number of nitrogens with zero attached hydrogens (tertiary/aromatic N) is 1. The van der Waals surface area contributed by atoms with E-state index in [1.165, 1.54) is 0 Å². The predicted molar refractivity (Wildman–Crippen MR) is 81.8 cm³/mol. The number of aromatic amines is 1. The van der Waals surface area contributed by atoms with Gasteiger partial charge in [0.1, 0.15) is 0 Å². The number of imidazole rings is 1. The Morgan fingerprint density at radius 3 is 2.25 bits per heavy atom. The van der Waals surface area contributed by atoms with E-state index < -0.39 is 0 Å². The van der Waals surface area contributed by atoms with Crippen molar-refractivity contribution in [2.45, 2.75) is 0 Å². The summed E-state index contributed by atoms with van der Waals surface area (Å²) in [5.74, 6) is 0. The van der Waals surface area contributed by atoms with E-state index in [1.807, 2.05) is 30.3 Å². The molecule has 100 valence electrons. The van der Waals surface area contributed by atoms with Gasteiger partial charge in [0, 0.05) is 21.8 Å². The topological polar surface area (TPSA) is 37.8 Å². The van der Waals surface area contributed by atoms with Crippen molar-refractivity contribution in [2.24, 2.45) is 0 Å². The first-order valence-corrected chi connectivity index (χ1v) is 6.73. The van der Waals surface area contributed by atoms with Gasteiger partial charge in [-0.2, -0.15) is 0 Å². The van der Waals surface area contributed by atoms with E-state index in [0.29, 0.717) is 15.7 Å². The molecule has 0 unspecified atom stereocenters. The second-order valence-electron chi connectivity index (χ2n) is 4.31. The van der Waals surface area contributed by atoms with Gasteiger partial charge in [0.2, 0.25) is 0 Å². The first kappa shape index (κ1) is 13.0. The van der Waals surface area contributed by atoms with Crippen LogP contribution in [0.1, 0.15) is 0 Å². The Bertz CT molecular complexity index is 786. The molecule has 3 rings (SSSR count). The van der Waals surface area contributed by atoms with E-state index in [2.05, 4.69) is 4.98 Å². The molecule has 1 N–H and O–H groups in total. The van der Waals surface area contributed by atoms with Crippen molar-refractivity contribution in [3.8, 4) is 16.9 Å². The molecule has 0 aliphatic heterocycles. The van der Waals surface area contributed by atoms with Crippen LogP contribution in [-0.2, 0) is 0 Å². The number of rotatable bonds is 2. The van der Waals surface area contributed by atoms with E-state index in [9.17, 15) is 4.79 Å². The number of hydrogen-bond acceptors (Lipinski definition) is 1. The average Bonchev–Trinajstić information content (AvgIpc) is 2.80. The van der Waals surface area contributed by atoms with Crippen LogP contribution in [0.25, 0.3) is 16.9 Å². The number of halogens is 2. The summed E-state index contributed by atoms with van der Waals surface area (Å²) in [4.78, 5) is 14.8. The monoisotopic (exact) mass is 304 g/mol. The molecule has 1 heterocycles. The highest BCUT2D eigenvalue weighted by Gasteiger charge is 2.11. The van der Waals surface area contributed by atoms with Crippen molar-refractivity contribution < 1.29 is 0 Å². The molecule has 0 radical (unpaired) electrons. The summed E-state index contributed by atoms with van der Waals surface area (Å²) in [6, 6.07) is 14.7. The molecule has 5 heteroatoms. The maximum absolute atomic E-state index is 12.1. The summed E-state index contributed by atoms with van der Waals surface area (Å²) in [7, 11) is 0. The van der Waals surface area contributed by atoms with E-state index in [4.69, 9.17) is 23.2 Å². The zero-order valence-electron chi connectivity index (χ0n) is 10.3. The van der Waals surface area contributed by atoms with E-state index in [1.54, 1.807) is 29.0 Å². The normalized spacial score (nSPS) is 10.7. The van der Waals surface area contributed by atoms with Gasteiger partial charge in [-0.1, -0.05) is 53.5 Å². The summed E-state index contributed by atoms with van der Waals surface area (Å²) in [5, 5.41) is 0.972. The zero-order chi connectivity index (χ0) is 14.1. The molecule has 0 spiro atoms. The Morgan fingerprint density at radius 1 is 0.950 bits per heavy atom. The Labute approximate surface area is 125 Å². The summed E-state index contributed by atoms with van der Waals surface area (Å²) >= 11 is 12.0. The summed E-state index contributed by atoms with van der Waals surface area (Å²) in [5.41, 5.74) is 2.09. The van der Waals surface area contributed by atoms with E-state index in [0.717, 1.165) is 11.3 Å². The molecule has 0 saturated carbocycles. The third-order valence-electron chi connectivity index (χ3n) is 2.95. The minimum Gasteiger partial charge on any atom is -0.312 e. The minimum absolute atomic E-state index is 0.234. The molecule has 3 aromatic rings. The fourth-order valence-corrected chi connectivity index (χ4v) is 2.63. The van der Waals surface area contributed by atoms with E-state index in [-0.39, 0.29) is 5.69 Å². The van der Waals surface area contributed by atoms with Gasteiger partial charge >= 0.3 is 5.69 Å². The fraction of sp³-hybridized carbons (Fsp3) is 0. The van der Waals surface area contributed by atoms with Crippen LogP contribution in [0, 0.1) is 0 Å². The average molecular weight is 305 g/mol. The van der Waals surface area contributed by atoms with Crippen molar-refractivity contribution in [2.75, 3.05) is 0 Å². The summed E-state index contributed by atoms with van der Waals surface area (Å²) < 4.78 is 1.55. The lowest BCUT2D eigenvalue weighted by Crippen LogP contribution is -2.15. The zero-order valence-corrected chi connectivity index (χ0v) is 11.8. The summed E-state index contributed by atoms with van der Waals surface area (Å²) in [6.45, 7) is 0. The van der Waals surface area contributed by atoms with Gasteiger partial charge < -0.3 is 4.98 Å². The lowest BCUT2D eigenvalue weighted by molar-refractivity contribution is 0.993. The molecule has 0 aliphatic carbocycles. The lowest BCUT2D eigenvalue weighted by Gasteiger charge is -2.08. The number of aromatic nitrogens is 2. The van der Waals surface area contributed by atoms with Gasteiger partial charge in [0.05, 0.1) is 11.4 Å². The molecule has 0 atom stereocenters. The highest BCUT2D eigenvalue weighted by atomic mass is 35.5. The van der Waals surface area contributed by atoms with Crippen molar-refractivity contribution in [1.82, 2.24) is 9.55 Å². The molecule has 0 bridgehead atoms. The van der Waals surface area contributed by atoms with Gasteiger partial charge in [0.25, 0.3) is 0 Å². The van der Waals surface area contributed by atoms with Crippen molar-refractivity contribution >= 4 is 23.2 Å². The molecule has 20 heavy (non-hydrogen) atoms. The summed E-state index contributed by atoms with van der Waals surface area (Å²) in [6.07, 6.45) is 1.67. The molecular weight excluding hydrogens is 295 g/mol. The molecular formula is C15H10Cl2N2O. The predicted octanol–water partition coefficient (Wildman–Crippen LogP) is 4.14. The molecule has 0 amide bonds. The third-order valence-corrected chi connectivity index (χ3v) is 3.39. The molecule has 2 aromatic carbocycles. The van der Waals surface area contributed by atoms with Crippen LogP contribution in [0.2, 0.25) is 10.0 Å². The van der Waals surface area contributed by atoms with Gasteiger partial charge in [-0.15, -0.1) is 0 Å². The minimum atomic E-state index is -0.234. The first-order chi connectivity index (χ1) is 9.65. The number of benzene rings is 2. The van der Waals surface area contributed by atoms with Gasteiger partial charge in [0.15, 0.2) is 0 Å². The first-order valence-electron chi connectivity index (χ1n) is 5.97. The van der Waals surface area contributed by atoms with Crippen LogP contribution in [0.5, 0.6) is 0 Å². The molecule has 0 fully saturated rings. The smallest absolute Gasteiger partial charge is 0.312 e. The van der Waals surface area contributed by atoms with Crippen LogP contribution in [0.15, 0.2) is 59.5 Å². The van der Waals surface area contributed by atoms with Crippen LogP contribution >= 0.6 is 23.2 Å². The highest BCUT2D eigenvalue weighted by Crippen LogP contribution is 2.25. The maximum atomic E-state index is 12.1. The number of nitrogens with one attached hydrogen (secondary N) is 1.